The van der Waals surface area contributed by atoms with Crippen LogP contribution in [0.2, 0.25) is 0 Å². The van der Waals surface area contributed by atoms with Crippen LogP contribution in [0.1, 0.15) is 151 Å². The Labute approximate surface area is 321 Å². The van der Waals surface area contributed by atoms with Crippen LogP contribution in [-0.4, -0.2) is 71.7 Å². The Kier molecular flexibility index (Phi) is 17.0. The average molecular weight is 739 g/mol. The highest BCUT2D eigenvalue weighted by molar-refractivity contribution is 5.99. The number of nitrogens with one attached hydrogen (secondary N) is 5. The van der Waals surface area contributed by atoms with Gasteiger partial charge >= 0.3 is 0 Å². The lowest BCUT2D eigenvalue weighted by atomic mass is 9.76. The molecule has 0 spiro atoms. The fraction of sp³-hybridized carbons (Fsp3) is 0.767. The fourth-order valence-corrected chi connectivity index (χ4v) is 7.86. The lowest BCUT2D eigenvalue weighted by Gasteiger charge is -2.41. The molecule has 2 aliphatic rings. The summed E-state index contributed by atoms with van der Waals surface area (Å²) in [6, 6.07) is 6.47. The molecule has 1 aromatic rings. The average Bonchev–Trinajstić information content (AvgIpc) is 3.56. The van der Waals surface area contributed by atoms with Crippen molar-refractivity contribution in [1.82, 2.24) is 21.3 Å². The minimum atomic E-state index is -0.812. The van der Waals surface area contributed by atoms with Crippen molar-refractivity contribution in [2.24, 2.45) is 17.1 Å². The van der Waals surface area contributed by atoms with E-state index in [4.69, 9.17) is 5.73 Å². The van der Waals surface area contributed by atoms with Crippen LogP contribution < -0.4 is 32.3 Å². The van der Waals surface area contributed by atoms with Crippen LogP contribution in [0.15, 0.2) is 24.3 Å². The summed E-state index contributed by atoms with van der Waals surface area (Å²) in [5, 5.41) is 16.9. The second-order valence-corrected chi connectivity index (χ2v) is 18.5. The Bertz CT molecular complexity index is 1320. The number of nitrogens with two attached hydrogens (primary N) is 1. The monoisotopic (exact) mass is 739 g/mol. The van der Waals surface area contributed by atoms with Gasteiger partial charge in [-0.2, -0.15) is 0 Å². The standard InChI is InChI=1S/C43H74N6O4/c1-31(2)37(49-42(22-11-9-12-23-42)35(50)21-28-46-41(6,7)8)39(53)47-34(16-10-15-27-44)38(52)43(24-13-14-25-43)48-33-19-17-32(18-20-33)30-36(51)45-29-26-40(3,4)5/h17-20,31,34,37,46,48-49H,9-16,21-30,44H2,1-8H3,(H,45,51)(H,47,53)/t34-,37-/m0/s1. The summed E-state index contributed by atoms with van der Waals surface area (Å²) in [5.74, 6) is -0.160. The van der Waals surface area contributed by atoms with Crippen LogP contribution in [0.3, 0.4) is 0 Å². The van der Waals surface area contributed by atoms with E-state index in [2.05, 4.69) is 68.1 Å². The third-order valence-corrected chi connectivity index (χ3v) is 11.0. The largest absolute Gasteiger partial charge is 0.373 e. The van der Waals surface area contributed by atoms with Gasteiger partial charge in [-0.25, -0.2) is 0 Å². The molecule has 2 amide bonds. The summed E-state index contributed by atoms with van der Waals surface area (Å²) >= 11 is 0. The van der Waals surface area contributed by atoms with Gasteiger partial charge < -0.3 is 27.0 Å². The van der Waals surface area contributed by atoms with Crippen LogP contribution >= 0.6 is 0 Å². The summed E-state index contributed by atoms with van der Waals surface area (Å²) in [6.07, 6.45) is 11.2. The molecule has 53 heavy (non-hydrogen) atoms. The van der Waals surface area contributed by atoms with Crippen LogP contribution in [0.4, 0.5) is 5.69 Å². The van der Waals surface area contributed by atoms with E-state index in [0.29, 0.717) is 64.6 Å². The Hall–Kier alpha value is -2.82. The third kappa shape index (κ3) is 14.4. The van der Waals surface area contributed by atoms with E-state index < -0.39 is 23.2 Å². The first kappa shape index (κ1) is 44.6. The molecule has 0 aromatic heterocycles. The smallest absolute Gasteiger partial charge is 0.238 e. The molecule has 2 fully saturated rings. The molecule has 2 atom stereocenters. The number of unbranched alkanes of at least 4 members (excludes halogenated alkanes) is 1. The zero-order chi connectivity index (χ0) is 39.3. The molecule has 300 valence electrons. The van der Waals surface area contributed by atoms with E-state index in [9.17, 15) is 19.2 Å². The molecule has 0 bridgehead atoms. The number of rotatable bonds is 21. The minimum Gasteiger partial charge on any atom is -0.373 e. The van der Waals surface area contributed by atoms with Gasteiger partial charge in [0, 0.05) is 30.7 Å². The van der Waals surface area contributed by atoms with Gasteiger partial charge in [-0.1, -0.05) is 78.9 Å². The Morgan fingerprint density at radius 3 is 1.98 bits per heavy atom. The SMILES string of the molecule is CC(C)[C@H](NC1(C(=O)CCNC(C)(C)C)CCCCC1)C(=O)N[C@@H](CCCCN)C(=O)C1(Nc2ccc(CC(=O)NCCC(C)(C)C)cc2)CCCC1. The quantitative estimate of drug-likeness (QED) is 0.0798. The lowest BCUT2D eigenvalue weighted by molar-refractivity contribution is -0.134. The molecule has 0 aliphatic heterocycles. The molecule has 0 radical (unpaired) electrons. The van der Waals surface area contributed by atoms with Gasteiger partial charge in [0.2, 0.25) is 11.8 Å². The second kappa shape index (κ2) is 20.2. The molecule has 3 rings (SSSR count). The number of carbonyl (C=O) groups excluding carboxylic acids is 4. The molecule has 7 N–H and O–H groups in total. The van der Waals surface area contributed by atoms with Crippen molar-refractivity contribution in [3.8, 4) is 0 Å². The van der Waals surface area contributed by atoms with Crippen molar-refractivity contribution in [2.45, 2.75) is 180 Å². The number of carbonyl (C=O) groups is 4. The molecule has 0 heterocycles. The minimum absolute atomic E-state index is 0.000952. The van der Waals surface area contributed by atoms with E-state index in [1.807, 2.05) is 38.1 Å². The number of amides is 2. The normalized spacial score (nSPS) is 18.3. The number of hydrogen-bond donors (Lipinski definition) is 6. The lowest BCUT2D eigenvalue weighted by Crippen LogP contribution is -2.64. The molecule has 2 saturated carbocycles. The Morgan fingerprint density at radius 1 is 0.811 bits per heavy atom. The molecular formula is C43H74N6O4. The zero-order valence-electron chi connectivity index (χ0n) is 34.5. The van der Waals surface area contributed by atoms with Gasteiger partial charge in [0.15, 0.2) is 11.6 Å². The topological polar surface area (TPSA) is 154 Å². The highest BCUT2D eigenvalue weighted by Gasteiger charge is 2.46. The maximum Gasteiger partial charge on any atom is 0.238 e. The van der Waals surface area contributed by atoms with E-state index in [1.54, 1.807) is 0 Å². The molecular weight excluding hydrogens is 665 g/mol. The first-order valence-corrected chi connectivity index (χ1v) is 20.6. The number of ketones is 2. The predicted octanol–water partition coefficient (Wildman–Crippen LogP) is 6.35. The van der Waals surface area contributed by atoms with E-state index in [0.717, 1.165) is 62.6 Å². The summed E-state index contributed by atoms with van der Waals surface area (Å²) in [4.78, 5) is 55.5. The van der Waals surface area contributed by atoms with E-state index >= 15 is 0 Å². The highest BCUT2D eigenvalue weighted by Crippen LogP contribution is 2.36. The predicted molar refractivity (Wildman–Crippen MR) is 217 cm³/mol. The molecule has 0 unspecified atom stereocenters. The zero-order valence-corrected chi connectivity index (χ0v) is 34.5. The van der Waals surface area contributed by atoms with Crippen molar-refractivity contribution in [1.29, 1.82) is 0 Å². The number of Topliss-reactive ketones (excluding diaryl/α,β-unsaturated/α-hetero) is 2. The van der Waals surface area contributed by atoms with E-state index in [1.165, 1.54) is 0 Å². The maximum atomic E-state index is 14.7. The fourth-order valence-electron chi connectivity index (χ4n) is 7.86. The number of anilines is 1. The summed E-state index contributed by atoms with van der Waals surface area (Å²) < 4.78 is 0. The van der Waals surface area contributed by atoms with Crippen molar-refractivity contribution < 1.29 is 19.2 Å². The highest BCUT2D eigenvalue weighted by atomic mass is 16.2. The molecule has 2 aliphatic carbocycles. The van der Waals surface area contributed by atoms with Gasteiger partial charge in [0.05, 0.1) is 29.6 Å². The van der Waals surface area contributed by atoms with Crippen molar-refractivity contribution in [2.75, 3.05) is 25.0 Å². The van der Waals surface area contributed by atoms with Crippen molar-refractivity contribution >= 4 is 29.1 Å². The van der Waals surface area contributed by atoms with Crippen LogP contribution in [-0.2, 0) is 25.6 Å². The maximum absolute atomic E-state index is 14.7. The van der Waals surface area contributed by atoms with Crippen LogP contribution in [0, 0.1) is 11.3 Å². The molecule has 10 nitrogen and oxygen atoms in total. The van der Waals surface area contributed by atoms with Crippen molar-refractivity contribution in [3.63, 3.8) is 0 Å². The number of hydrogen-bond acceptors (Lipinski definition) is 8. The summed E-state index contributed by atoms with van der Waals surface area (Å²) in [6.45, 7) is 18.5. The van der Waals surface area contributed by atoms with E-state index in [-0.39, 0.29) is 40.3 Å². The molecule has 0 saturated heterocycles. The molecule has 10 heteroatoms. The second-order valence-electron chi connectivity index (χ2n) is 18.5. The van der Waals surface area contributed by atoms with Crippen LogP contribution in [0.25, 0.3) is 0 Å². The van der Waals surface area contributed by atoms with Crippen LogP contribution in [0.5, 0.6) is 0 Å². The first-order chi connectivity index (χ1) is 24.9. The summed E-state index contributed by atoms with van der Waals surface area (Å²) in [7, 11) is 0. The van der Waals surface area contributed by atoms with Gasteiger partial charge in [-0.05, 0) is 108 Å². The number of benzene rings is 1. The van der Waals surface area contributed by atoms with Gasteiger partial charge in [-0.3, -0.25) is 24.5 Å². The van der Waals surface area contributed by atoms with Crippen molar-refractivity contribution in [3.05, 3.63) is 29.8 Å². The van der Waals surface area contributed by atoms with Gasteiger partial charge in [-0.15, -0.1) is 0 Å². The Morgan fingerprint density at radius 2 is 1.42 bits per heavy atom. The first-order valence-electron chi connectivity index (χ1n) is 20.6. The third-order valence-electron chi connectivity index (χ3n) is 11.0. The Balaban J connectivity index is 1.77. The summed E-state index contributed by atoms with van der Waals surface area (Å²) in [5.41, 5.74) is 6.11. The molecule has 1 aromatic carbocycles. The van der Waals surface area contributed by atoms with Gasteiger partial charge in [0.25, 0.3) is 0 Å². The van der Waals surface area contributed by atoms with Gasteiger partial charge in [0.1, 0.15) is 0 Å².